The SMILES string of the molecule is CN(C)c1ccc(NC(=O)N2CCC(CCCC(=O)NO)CC2)cc1. The van der Waals surface area contributed by atoms with E-state index in [9.17, 15) is 9.59 Å². The number of likely N-dealkylation sites (tertiary alicyclic amines) is 1. The molecule has 3 amide bonds. The van der Waals surface area contributed by atoms with E-state index in [1.165, 1.54) is 0 Å². The molecule has 7 nitrogen and oxygen atoms in total. The van der Waals surface area contributed by atoms with E-state index in [0.29, 0.717) is 12.3 Å². The molecule has 3 N–H and O–H groups in total. The third-order valence-corrected chi connectivity index (χ3v) is 4.68. The first-order chi connectivity index (χ1) is 12.0. The maximum Gasteiger partial charge on any atom is 0.321 e. The molecule has 0 spiro atoms. The van der Waals surface area contributed by atoms with Gasteiger partial charge in [-0.05, 0) is 55.9 Å². The van der Waals surface area contributed by atoms with Crippen LogP contribution in [0.5, 0.6) is 0 Å². The van der Waals surface area contributed by atoms with Crippen molar-refractivity contribution in [1.29, 1.82) is 0 Å². The quantitative estimate of drug-likeness (QED) is 0.545. The number of anilines is 2. The van der Waals surface area contributed by atoms with E-state index in [1.54, 1.807) is 5.48 Å². The van der Waals surface area contributed by atoms with Gasteiger partial charge in [-0.25, -0.2) is 10.3 Å². The van der Waals surface area contributed by atoms with Crippen LogP contribution in [-0.4, -0.2) is 49.2 Å². The van der Waals surface area contributed by atoms with Gasteiger partial charge >= 0.3 is 6.03 Å². The number of nitrogens with zero attached hydrogens (tertiary/aromatic N) is 2. The van der Waals surface area contributed by atoms with Crippen LogP contribution in [0.25, 0.3) is 0 Å². The molecule has 0 aliphatic carbocycles. The average molecular weight is 348 g/mol. The Bertz CT molecular complexity index is 566. The smallest absolute Gasteiger partial charge is 0.321 e. The number of nitrogens with one attached hydrogen (secondary N) is 2. The number of piperidine rings is 1. The van der Waals surface area contributed by atoms with E-state index < -0.39 is 0 Å². The van der Waals surface area contributed by atoms with Crippen LogP contribution in [0.1, 0.15) is 32.1 Å². The highest BCUT2D eigenvalue weighted by Gasteiger charge is 2.22. The minimum Gasteiger partial charge on any atom is -0.378 e. The summed E-state index contributed by atoms with van der Waals surface area (Å²) < 4.78 is 0. The van der Waals surface area contributed by atoms with Crippen molar-refractivity contribution in [3.05, 3.63) is 24.3 Å². The highest BCUT2D eigenvalue weighted by Crippen LogP contribution is 2.23. The number of carbonyl (C=O) groups excluding carboxylic acids is 2. The molecule has 1 fully saturated rings. The molecule has 25 heavy (non-hydrogen) atoms. The summed E-state index contributed by atoms with van der Waals surface area (Å²) in [5, 5.41) is 11.4. The maximum atomic E-state index is 12.4. The molecule has 0 saturated carbocycles. The molecule has 138 valence electrons. The van der Waals surface area contributed by atoms with E-state index in [1.807, 2.05) is 48.2 Å². The highest BCUT2D eigenvalue weighted by atomic mass is 16.5. The van der Waals surface area contributed by atoms with Crippen LogP contribution in [0.15, 0.2) is 24.3 Å². The van der Waals surface area contributed by atoms with Gasteiger partial charge in [0.1, 0.15) is 0 Å². The molecule has 1 aliphatic heterocycles. The second-order valence-electron chi connectivity index (χ2n) is 6.73. The molecular formula is C18H28N4O3. The molecule has 1 aromatic carbocycles. The third kappa shape index (κ3) is 5.94. The van der Waals surface area contributed by atoms with E-state index in [2.05, 4.69) is 5.32 Å². The summed E-state index contributed by atoms with van der Waals surface area (Å²) in [5.74, 6) is 0.201. The van der Waals surface area contributed by atoms with Crippen LogP contribution in [0.3, 0.4) is 0 Å². The number of amides is 3. The summed E-state index contributed by atoms with van der Waals surface area (Å²) >= 11 is 0. The Labute approximate surface area is 148 Å². The van der Waals surface area contributed by atoms with Gasteiger partial charge in [-0.1, -0.05) is 0 Å². The van der Waals surface area contributed by atoms with Gasteiger partial charge in [0.15, 0.2) is 0 Å². The topological polar surface area (TPSA) is 84.9 Å². The van der Waals surface area contributed by atoms with E-state index in [4.69, 9.17) is 5.21 Å². The fourth-order valence-electron chi connectivity index (χ4n) is 3.08. The number of benzene rings is 1. The van der Waals surface area contributed by atoms with Crippen LogP contribution in [0.2, 0.25) is 0 Å². The molecule has 0 unspecified atom stereocenters. The molecule has 0 atom stereocenters. The van der Waals surface area contributed by atoms with Gasteiger partial charge in [0, 0.05) is 45.0 Å². The zero-order valence-corrected chi connectivity index (χ0v) is 15.0. The van der Waals surface area contributed by atoms with Crippen LogP contribution in [0, 0.1) is 5.92 Å². The predicted molar refractivity (Wildman–Crippen MR) is 97.9 cm³/mol. The molecule has 7 heteroatoms. The Hall–Kier alpha value is -2.28. The van der Waals surface area contributed by atoms with Crippen molar-refractivity contribution in [3.63, 3.8) is 0 Å². The van der Waals surface area contributed by atoms with Gasteiger partial charge in [-0.3, -0.25) is 10.0 Å². The lowest BCUT2D eigenvalue weighted by Crippen LogP contribution is -2.41. The maximum absolute atomic E-state index is 12.4. The first kappa shape index (κ1) is 19.1. The van der Waals surface area contributed by atoms with E-state index in [0.717, 1.165) is 50.1 Å². The van der Waals surface area contributed by atoms with Gasteiger partial charge in [0.05, 0.1) is 0 Å². The average Bonchev–Trinajstić information content (AvgIpc) is 2.62. The Balaban J connectivity index is 1.72. The van der Waals surface area contributed by atoms with E-state index >= 15 is 0 Å². The standard InChI is InChI=1S/C18H28N4O3/c1-21(2)16-8-6-15(7-9-16)19-18(24)22-12-10-14(11-13-22)4-3-5-17(23)20-25/h6-9,14,25H,3-5,10-13H2,1-2H3,(H,19,24)(H,20,23). The minimum atomic E-state index is -0.336. The van der Waals surface area contributed by atoms with Crippen molar-refractivity contribution < 1.29 is 14.8 Å². The molecule has 0 radical (unpaired) electrons. The summed E-state index contributed by atoms with van der Waals surface area (Å²) in [5.41, 5.74) is 3.54. The van der Waals surface area contributed by atoms with Gasteiger partial charge in [0.25, 0.3) is 0 Å². The number of hydroxylamine groups is 1. The lowest BCUT2D eigenvalue weighted by atomic mass is 9.91. The summed E-state index contributed by atoms with van der Waals surface area (Å²) in [6.45, 7) is 1.47. The Morgan fingerprint density at radius 1 is 1.20 bits per heavy atom. The molecule has 1 saturated heterocycles. The van der Waals surface area contributed by atoms with Crippen molar-refractivity contribution in [3.8, 4) is 0 Å². The molecule has 0 bridgehead atoms. The molecular weight excluding hydrogens is 320 g/mol. The zero-order valence-electron chi connectivity index (χ0n) is 15.0. The van der Waals surface area contributed by atoms with Gasteiger partial charge < -0.3 is 15.1 Å². The van der Waals surface area contributed by atoms with Gasteiger partial charge in [-0.15, -0.1) is 0 Å². The lowest BCUT2D eigenvalue weighted by Gasteiger charge is -2.32. The Kier molecular flexibility index (Phi) is 7.06. The van der Waals surface area contributed by atoms with Crippen LogP contribution >= 0.6 is 0 Å². The highest BCUT2D eigenvalue weighted by molar-refractivity contribution is 5.89. The molecule has 2 rings (SSSR count). The van der Waals surface area contributed by atoms with Gasteiger partial charge in [-0.2, -0.15) is 0 Å². The van der Waals surface area contributed by atoms with Gasteiger partial charge in [0.2, 0.25) is 5.91 Å². The monoisotopic (exact) mass is 348 g/mol. The summed E-state index contributed by atoms with van der Waals surface area (Å²) in [6.07, 6.45) is 3.97. The third-order valence-electron chi connectivity index (χ3n) is 4.68. The number of hydrogen-bond acceptors (Lipinski definition) is 4. The lowest BCUT2D eigenvalue weighted by molar-refractivity contribution is -0.129. The number of rotatable bonds is 6. The fourth-order valence-corrected chi connectivity index (χ4v) is 3.08. The van der Waals surface area contributed by atoms with Crippen molar-refractivity contribution in [1.82, 2.24) is 10.4 Å². The Morgan fingerprint density at radius 2 is 1.84 bits per heavy atom. The zero-order chi connectivity index (χ0) is 18.2. The van der Waals surface area contributed by atoms with Crippen molar-refractivity contribution in [2.75, 3.05) is 37.4 Å². The van der Waals surface area contributed by atoms with Crippen LogP contribution in [0.4, 0.5) is 16.2 Å². The summed E-state index contributed by atoms with van der Waals surface area (Å²) in [7, 11) is 3.96. The number of carbonyl (C=O) groups is 2. The van der Waals surface area contributed by atoms with Crippen molar-refractivity contribution >= 4 is 23.3 Å². The van der Waals surface area contributed by atoms with Crippen LogP contribution in [-0.2, 0) is 4.79 Å². The first-order valence-electron chi connectivity index (χ1n) is 8.76. The second kappa shape index (κ2) is 9.27. The number of urea groups is 1. The Morgan fingerprint density at radius 3 is 2.40 bits per heavy atom. The number of hydrogen-bond donors (Lipinski definition) is 3. The largest absolute Gasteiger partial charge is 0.378 e. The summed E-state index contributed by atoms with van der Waals surface area (Å²) in [6, 6.07) is 7.71. The normalized spacial score (nSPS) is 14.9. The second-order valence-corrected chi connectivity index (χ2v) is 6.73. The first-order valence-corrected chi connectivity index (χ1v) is 8.76. The summed E-state index contributed by atoms with van der Waals surface area (Å²) in [4.78, 5) is 27.2. The van der Waals surface area contributed by atoms with Crippen molar-refractivity contribution in [2.45, 2.75) is 32.1 Å². The van der Waals surface area contributed by atoms with E-state index in [-0.39, 0.29) is 11.9 Å². The molecule has 1 aliphatic rings. The predicted octanol–water partition coefficient (Wildman–Crippen LogP) is 2.67. The molecule has 1 heterocycles. The van der Waals surface area contributed by atoms with Crippen LogP contribution < -0.4 is 15.7 Å². The fraction of sp³-hybridized carbons (Fsp3) is 0.556. The molecule has 0 aromatic heterocycles. The van der Waals surface area contributed by atoms with Crippen molar-refractivity contribution in [2.24, 2.45) is 5.92 Å². The minimum absolute atomic E-state index is 0.0595. The molecule has 1 aromatic rings.